The smallest absolute Gasteiger partial charge is 0.0537 e. The summed E-state index contributed by atoms with van der Waals surface area (Å²) >= 11 is 0. The number of allylic oxidation sites excluding steroid dienone is 8. The molecule has 1 unspecified atom stereocenters. The Morgan fingerprint density at radius 3 is 2.67 bits per heavy atom. The highest BCUT2D eigenvalue weighted by atomic mass is 16.3. The highest BCUT2D eigenvalue weighted by molar-refractivity contribution is 5.47. The molecule has 1 N–H and O–H groups in total. The van der Waals surface area contributed by atoms with Crippen molar-refractivity contribution in [2.75, 3.05) is 6.61 Å². The van der Waals surface area contributed by atoms with Crippen molar-refractivity contribution in [2.24, 2.45) is 5.92 Å². The van der Waals surface area contributed by atoms with Gasteiger partial charge in [0.05, 0.1) is 6.61 Å². The molecule has 0 saturated heterocycles. The monoisotopic (exact) mass is 244 g/mol. The summed E-state index contributed by atoms with van der Waals surface area (Å²) in [5.74, 6) is 0.174. The molecule has 1 aliphatic carbocycles. The maximum atomic E-state index is 9.59. The van der Waals surface area contributed by atoms with Gasteiger partial charge in [0.25, 0.3) is 0 Å². The molecule has 1 nitrogen and oxygen atoms in total. The van der Waals surface area contributed by atoms with Crippen LogP contribution in [0.3, 0.4) is 0 Å². The molecule has 0 aromatic rings. The van der Waals surface area contributed by atoms with Crippen LogP contribution < -0.4 is 0 Å². The molecule has 0 radical (unpaired) electrons. The van der Waals surface area contributed by atoms with E-state index in [9.17, 15) is 5.11 Å². The van der Waals surface area contributed by atoms with Crippen LogP contribution in [0.1, 0.15) is 33.6 Å². The van der Waals surface area contributed by atoms with E-state index in [0.29, 0.717) is 0 Å². The van der Waals surface area contributed by atoms with E-state index in [1.165, 1.54) is 16.7 Å². The third kappa shape index (κ3) is 3.85. The average Bonchev–Trinajstić information content (AvgIpc) is 2.66. The lowest BCUT2D eigenvalue weighted by molar-refractivity contribution is 0.265. The van der Waals surface area contributed by atoms with E-state index >= 15 is 0 Å². The molecule has 0 spiro atoms. The van der Waals surface area contributed by atoms with Crippen LogP contribution in [0.2, 0.25) is 0 Å². The second-order valence-corrected chi connectivity index (χ2v) is 4.56. The molecule has 0 aromatic heterocycles. The highest BCUT2D eigenvalue weighted by Crippen LogP contribution is 2.34. The van der Waals surface area contributed by atoms with Gasteiger partial charge in [-0.1, -0.05) is 60.6 Å². The van der Waals surface area contributed by atoms with Crippen molar-refractivity contribution in [1.82, 2.24) is 0 Å². The molecule has 1 heteroatoms. The maximum Gasteiger partial charge on any atom is 0.0537 e. The fraction of sp³-hybridized carbons (Fsp3) is 0.412. The molecule has 0 heterocycles. The van der Waals surface area contributed by atoms with Gasteiger partial charge >= 0.3 is 0 Å². The standard InChI is InChI=1S/C17H24O/c1-4-6-8-10-15-12-14(3)16(17(15)13-18)11-9-7-5-2/h4,6-10,12,17-18H,5,11,13H2,1-3H3/b6-4-,9-7-,10-8-. The topological polar surface area (TPSA) is 20.2 Å². The van der Waals surface area contributed by atoms with Gasteiger partial charge in [-0.05, 0) is 32.3 Å². The molecule has 0 aliphatic heterocycles. The van der Waals surface area contributed by atoms with Crippen LogP contribution in [0.15, 0.2) is 59.3 Å². The molecule has 98 valence electrons. The van der Waals surface area contributed by atoms with Crippen molar-refractivity contribution in [1.29, 1.82) is 0 Å². The molecule has 18 heavy (non-hydrogen) atoms. The van der Waals surface area contributed by atoms with Crippen molar-refractivity contribution in [3.05, 3.63) is 59.3 Å². The molecular formula is C17H24O. The third-order valence-electron chi connectivity index (χ3n) is 3.23. The Morgan fingerprint density at radius 2 is 2.06 bits per heavy atom. The second-order valence-electron chi connectivity index (χ2n) is 4.56. The Labute approximate surface area is 111 Å². The van der Waals surface area contributed by atoms with Crippen LogP contribution in [-0.4, -0.2) is 11.7 Å². The lowest BCUT2D eigenvalue weighted by atomic mass is 9.93. The summed E-state index contributed by atoms with van der Waals surface area (Å²) in [6, 6.07) is 0. The maximum absolute atomic E-state index is 9.59. The lowest BCUT2D eigenvalue weighted by Crippen LogP contribution is -2.08. The van der Waals surface area contributed by atoms with Crippen molar-refractivity contribution < 1.29 is 5.11 Å². The Balaban J connectivity index is 2.78. The summed E-state index contributed by atoms with van der Waals surface area (Å²) in [7, 11) is 0. The Morgan fingerprint density at radius 1 is 1.28 bits per heavy atom. The predicted molar refractivity (Wildman–Crippen MR) is 79.4 cm³/mol. The summed E-state index contributed by atoms with van der Waals surface area (Å²) in [6.07, 6.45) is 16.7. The molecule has 0 bridgehead atoms. The summed E-state index contributed by atoms with van der Waals surface area (Å²) in [5.41, 5.74) is 3.87. The largest absolute Gasteiger partial charge is 0.395 e. The number of rotatable bonds is 6. The second kappa shape index (κ2) is 7.88. The van der Waals surface area contributed by atoms with Gasteiger partial charge < -0.3 is 5.11 Å². The zero-order valence-electron chi connectivity index (χ0n) is 11.7. The minimum atomic E-state index is 0.174. The van der Waals surface area contributed by atoms with Crippen molar-refractivity contribution in [3.63, 3.8) is 0 Å². The summed E-state index contributed by atoms with van der Waals surface area (Å²) < 4.78 is 0. The molecule has 0 aromatic carbocycles. The summed E-state index contributed by atoms with van der Waals surface area (Å²) in [5, 5.41) is 9.59. The molecule has 0 fully saturated rings. The quantitative estimate of drug-likeness (QED) is 0.544. The first kappa shape index (κ1) is 14.7. The van der Waals surface area contributed by atoms with Gasteiger partial charge in [-0.3, -0.25) is 0 Å². The minimum absolute atomic E-state index is 0.174. The van der Waals surface area contributed by atoms with Crippen LogP contribution in [0.5, 0.6) is 0 Å². The molecule has 0 saturated carbocycles. The zero-order valence-corrected chi connectivity index (χ0v) is 11.7. The predicted octanol–water partition coefficient (Wildman–Crippen LogP) is 4.34. The van der Waals surface area contributed by atoms with Gasteiger partial charge in [0.15, 0.2) is 0 Å². The van der Waals surface area contributed by atoms with E-state index in [0.717, 1.165) is 12.8 Å². The van der Waals surface area contributed by atoms with Crippen LogP contribution in [0.25, 0.3) is 0 Å². The van der Waals surface area contributed by atoms with E-state index in [-0.39, 0.29) is 12.5 Å². The third-order valence-corrected chi connectivity index (χ3v) is 3.23. The lowest BCUT2D eigenvalue weighted by Gasteiger charge is -2.14. The Hall–Kier alpha value is -1.34. The first-order chi connectivity index (χ1) is 8.74. The Bertz CT molecular complexity index is 405. The molecular weight excluding hydrogens is 220 g/mol. The first-order valence-electron chi connectivity index (χ1n) is 6.71. The van der Waals surface area contributed by atoms with Crippen LogP contribution in [0.4, 0.5) is 0 Å². The van der Waals surface area contributed by atoms with Gasteiger partial charge in [-0.15, -0.1) is 0 Å². The van der Waals surface area contributed by atoms with E-state index in [1.54, 1.807) is 0 Å². The summed E-state index contributed by atoms with van der Waals surface area (Å²) in [6.45, 7) is 6.47. The van der Waals surface area contributed by atoms with Crippen molar-refractivity contribution in [3.8, 4) is 0 Å². The van der Waals surface area contributed by atoms with Gasteiger partial charge in [-0.2, -0.15) is 0 Å². The van der Waals surface area contributed by atoms with Gasteiger partial charge in [0, 0.05) is 5.92 Å². The number of aliphatic hydroxyl groups is 1. The SMILES string of the molecule is C/C=C\C=C/C1=CC(C)=C(C/C=C\CC)C1CO. The van der Waals surface area contributed by atoms with E-state index in [4.69, 9.17) is 0 Å². The van der Waals surface area contributed by atoms with Crippen molar-refractivity contribution in [2.45, 2.75) is 33.6 Å². The number of hydrogen-bond donors (Lipinski definition) is 1. The first-order valence-corrected chi connectivity index (χ1v) is 6.71. The van der Waals surface area contributed by atoms with E-state index in [1.807, 2.05) is 25.2 Å². The van der Waals surface area contributed by atoms with E-state index in [2.05, 4.69) is 38.2 Å². The minimum Gasteiger partial charge on any atom is -0.395 e. The number of aliphatic hydroxyl groups excluding tert-OH is 1. The molecule has 1 rings (SSSR count). The van der Waals surface area contributed by atoms with Crippen molar-refractivity contribution >= 4 is 0 Å². The van der Waals surface area contributed by atoms with Gasteiger partial charge in [0.2, 0.25) is 0 Å². The molecule has 0 amide bonds. The highest BCUT2D eigenvalue weighted by Gasteiger charge is 2.22. The van der Waals surface area contributed by atoms with Crippen LogP contribution in [0, 0.1) is 5.92 Å². The average molecular weight is 244 g/mol. The van der Waals surface area contributed by atoms with E-state index < -0.39 is 0 Å². The fourth-order valence-corrected chi connectivity index (χ4v) is 2.26. The van der Waals surface area contributed by atoms with Gasteiger partial charge in [-0.25, -0.2) is 0 Å². The zero-order chi connectivity index (χ0) is 13.4. The normalized spacial score (nSPS) is 20.9. The Kier molecular flexibility index (Phi) is 6.45. The van der Waals surface area contributed by atoms with Crippen LogP contribution in [-0.2, 0) is 0 Å². The van der Waals surface area contributed by atoms with Gasteiger partial charge in [0.1, 0.15) is 0 Å². The fourth-order valence-electron chi connectivity index (χ4n) is 2.26. The summed E-state index contributed by atoms with van der Waals surface area (Å²) in [4.78, 5) is 0. The van der Waals surface area contributed by atoms with Crippen LogP contribution >= 0.6 is 0 Å². The number of hydrogen-bond acceptors (Lipinski definition) is 1. The molecule has 1 aliphatic rings. The molecule has 1 atom stereocenters.